The maximum absolute atomic E-state index is 5.67. The SMILES string of the molecule is COc1cc(Oc2nnc(CCl)s2)cc(OC)c1OC. The van der Waals surface area contributed by atoms with Crippen LogP contribution in [0.3, 0.4) is 0 Å². The summed E-state index contributed by atoms with van der Waals surface area (Å²) in [6.45, 7) is 0. The first-order valence-corrected chi connectivity index (χ1v) is 6.93. The van der Waals surface area contributed by atoms with Crippen LogP contribution >= 0.6 is 22.9 Å². The molecule has 0 N–H and O–H groups in total. The Balaban J connectivity index is 2.31. The van der Waals surface area contributed by atoms with Crippen LogP contribution in [0.15, 0.2) is 12.1 Å². The molecule has 0 aliphatic heterocycles. The third-order valence-electron chi connectivity index (χ3n) is 2.41. The van der Waals surface area contributed by atoms with Gasteiger partial charge in [-0.1, -0.05) is 16.4 Å². The number of ether oxygens (including phenoxy) is 4. The molecule has 1 aromatic heterocycles. The van der Waals surface area contributed by atoms with Crippen molar-refractivity contribution in [3.8, 4) is 28.2 Å². The summed E-state index contributed by atoms with van der Waals surface area (Å²) in [5, 5.41) is 8.85. The fourth-order valence-corrected chi connectivity index (χ4v) is 2.32. The lowest BCUT2D eigenvalue weighted by Crippen LogP contribution is -1.96. The van der Waals surface area contributed by atoms with Crippen LogP contribution in [0, 0.1) is 0 Å². The van der Waals surface area contributed by atoms with Crippen molar-refractivity contribution in [2.75, 3.05) is 21.3 Å². The molecular weight excluding hydrogens is 304 g/mol. The van der Waals surface area contributed by atoms with Gasteiger partial charge in [0.25, 0.3) is 5.19 Å². The molecule has 1 aromatic carbocycles. The van der Waals surface area contributed by atoms with E-state index in [-0.39, 0.29) is 0 Å². The van der Waals surface area contributed by atoms with Crippen molar-refractivity contribution in [3.63, 3.8) is 0 Å². The standard InChI is InChI=1S/C12H13ClN2O4S/c1-16-8-4-7(5-9(17-2)11(8)18-3)19-12-15-14-10(6-13)20-12/h4-5H,6H2,1-3H3. The fraction of sp³-hybridized carbons (Fsp3) is 0.333. The number of methoxy groups -OCH3 is 3. The second kappa shape index (κ2) is 6.62. The quantitative estimate of drug-likeness (QED) is 0.763. The number of hydrogen-bond donors (Lipinski definition) is 0. The third-order valence-corrected chi connectivity index (χ3v) is 3.62. The minimum Gasteiger partial charge on any atom is -0.493 e. The molecule has 0 unspecified atom stereocenters. The molecule has 20 heavy (non-hydrogen) atoms. The molecule has 2 rings (SSSR count). The first-order chi connectivity index (χ1) is 9.71. The average molecular weight is 317 g/mol. The van der Waals surface area contributed by atoms with E-state index in [4.69, 9.17) is 30.5 Å². The molecule has 1 heterocycles. The Morgan fingerprint density at radius 2 is 1.70 bits per heavy atom. The molecule has 0 fully saturated rings. The molecule has 6 nitrogen and oxygen atoms in total. The Morgan fingerprint density at radius 3 is 2.15 bits per heavy atom. The number of hydrogen-bond acceptors (Lipinski definition) is 7. The smallest absolute Gasteiger partial charge is 0.299 e. The fourth-order valence-electron chi connectivity index (χ4n) is 1.55. The lowest BCUT2D eigenvalue weighted by Gasteiger charge is -2.13. The summed E-state index contributed by atoms with van der Waals surface area (Å²) < 4.78 is 21.3. The van der Waals surface area contributed by atoms with Crippen molar-refractivity contribution in [1.29, 1.82) is 0 Å². The molecule has 0 atom stereocenters. The van der Waals surface area contributed by atoms with Gasteiger partial charge < -0.3 is 18.9 Å². The van der Waals surface area contributed by atoms with Crippen molar-refractivity contribution in [2.24, 2.45) is 0 Å². The van der Waals surface area contributed by atoms with Gasteiger partial charge in [-0.25, -0.2) is 0 Å². The largest absolute Gasteiger partial charge is 0.493 e. The highest BCUT2D eigenvalue weighted by Crippen LogP contribution is 2.42. The maximum atomic E-state index is 5.67. The summed E-state index contributed by atoms with van der Waals surface area (Å²) in [6, 6.07) is 3.37. The van der Waals surface area contributed by atoms with Gasteiger partial charge in [-0.2, -0.15) is 0 Å². The van der Waals surface area contributed by atoms with E-state index >= 15 is 0 Å². The highest BCUT2D eigenvalue weighted by Gasteiger charge is 2.15. The Bertz CT molecular complexity index is 566. The van der Waals surface area contributed by atoms with Gasteiger partial charge in [0.1, 0.15) is 10.8 Å². The summed E-state index contributed by atoms with van der Waals surface area (Å²) >= 11 is 6.95. The van der Waals surface area contributed by atoms with Crippen molar-refractivity contribution in [2.45, 2.75) is 5.88 Å². The Morgan fingerprint density at radius 1 is 1.05 bits per heavy atom. The normalized spacial score (nSPS) is 10.2. The zero-order valence-corrected chi connectivity index (χ0v) is 12.7. The highest BCUT2D eigenvalue weighted by atomic mass is 35.5. The van der Waals surface area contributed by atoms with Crippen LogP contribution in [0.5, 0.6) is 28.2 Å². The van der Waals surface area contributed by atoms with Gasteiger partial charge in [0.15, 0.2) is 11.5 Å². The zero-order chi connectivity index (χ0) is 14.5. The van der Waals surface area contributed by atoms with E-state index in [0.717, 1.165) is 0 Å². The molecule has 0 aliphatic carbocycles. The van der Waals surface area contributed by atoms with Crippen LogP contribution in [0.25, 0.3) is 0 Å². The Hall–Kier alpha value is -1.73. The summed E-state index contributed by atoms with van der Waals surface area (Å²) in [5.41, 5.74) is 0. The van der Waals surface area contributed by atoms with E-state index in [1.165, 1.54) is 25.6 Å². The summed E-state index contributed by atoms with van der Waals surface area (Å²) in [5.74, 6) is 2.32. The molecule has 0 amide bonds. The highest BCUT2D eigenvalue weighted by molar-refractivity contribution is 7.13. The molecule has 0 aliphatic rings. The van der Waals surface area contributed by atoms with Gasteiger partial charge in [-0.3, -0.25) is 0 Å². The molecule has 0 spiro atoms. The van der Waals surface area contributed by atoms with Gasteiger partial charge in [0.05, 0.1) is 27.2 Å². The molecular formula is C12H13ClN2O4S. The second-order valence-corrected chi connectivity index (χ2v) is 4.85. The number of rotatable bonds is 6. The summed E-state index contributed by atoms with van der Waals surface area (Å²) in [7, 11) is 4.62. The van der Waals surface area contributed by atoms with Crippen LogP contribution < -0.4 is 18.9 Å². The van der Waals surface area contributed by atoms with Crippen LogP contribution in [-0.4, -0.2) is 31.5 Å². The maximum Gasteiger partial charge on any atom is 0.299 e. The third kappa shape index (κ3) is 3.05. The predicted octanol–water partition coefficient (Wildman–Crippen LogP) is 3.10. The van der Waals surface area contributed by atoms with Gasteiger partial charge >= 0.3 is 0 Å². The summed E-state index contributed by atoms with van der Waals surface area (Å²) in [6.07, 6.45) is 0. The van der Waals surface area contributed by atoms with Crippen LogP contribution in [-0.2, 0) is 5.88 Å². The zero-order valence-electron chi connectivity index (χ0n) is 11.2. The second-order valence-electron chi connectivity index (χ2n) is 3.56. The van der Waals surface area contributed by atoms with Crippen LogP contribution in [0.2, 0.25) is 0 Å². The minimum absolute atomic E-state index is 0.302. The van der Waals surface area contributed by atoms with E-state index in [1.54, 1.807) is 19.2 Å². The van der Waals surface area contributed by atoms with E-state index < -0.39 is 0 Å². The van der Waals surface area contributed by atoms with E-state index in [1.807, 2.05) is 0 Å². The van der Waals surface area contributed by atoms with Crippen molar-refractivity contribution >= 4 is 22.9 Å². The first kappa shape index (κ1) is 14.7. The van der Waals surface area contributed by atoms with E-state index in [0.29, 0.717) is 39.1 Å². The van der Waals surface area contributed by atoms with Crippen LogP contribution in [0.1, 0.15) is 5.01 Å². The molecule has 0 radical (unpaired) electrons. The van der Waals surface area contributed by atoms with Crippen LogP contribution in [0.4, 0.5) is 0 Å². The van der Waals surface area contributed by atoms with Gasteiger partial charge in [-0.15, -0.1) is 16.7 Å². The molecule has 108 valence electrons. The van der Waals surface area contributed by atoms with E-state index in [2.05, 4.69) is 10.2 Å². The van der Waals surface area contributed by atoms with Gasteiger partial charge in [-0.05, 0) is 0 Å². The van der Waals surface area contributed by atoms with Gasteiger partial charge in [0, 0.05) is 12.1 Å². The number of alkyl halides is 1. The molecule has 8 heteroatoms. The van der Waals surface area contributed by atoms with Gasteiger partial charge in [0.2, 0.25) is 5.75 Å². The lowest BCUT2D eigenvalue weighted by molar-refractivity contribution is 0.321. The Labute approximate surface area is 125 Å². The molecule has 0 saturated carbocycles. The number of benzene rings is 1. The monoisotopic (exact) mass is 316 g/mol. The number of nitrogens with zero attached hydrogens (tertiary/aromatic N) is 2. The Kier molecular flexibility index (Phi) is 4.86. The van der Waals surface area contributed by atoms with Crippen molar-refractivity contribution < 1.29 is 18.9 Å². The van der Waals surface area contributed by atoms with Crippen molar-refractivity contribution in [1.82, 2.24) is 10.2 Å². The van der Waals surface area contributed by atoms with E-state index in [9.17, 15) is 0 Å². The molecule has 0 bridgehead atoms. The molecule has 0 saturated heterocycles. The average Bonchev–Trinajstić information content (AvgIpc) is 2.93. The van der Waals surface area contributed by atoms with Crippen molar-refractivity contribution in [3.05, 3.63) is 17.1 Å². The minimum atomic E-state index is 0.302. The lowest BCUT2D eigenvalue weighted by atomic mass is 10.2. The predicted molar refractivity (Wildman–Crippen MR) is 75.6 cm³/mol. The topological polar surface area (TPSA) is 62.7 Å². The first-order valence-electron chi connectivity index (χ1n) is 5.58. The number of aromatic nitrogens is 2. The molecule has 2 aromatic rings. The summed E-state index contributed by atoms with van der Waals surface area (Å²) in [4.78, 5) is 0. The number of halogens is 1.